The molecule has 1 N–H and O–H groups in total. The Morgan fingerprint density at radius 1 is 0.878 bits per heavy atom. The summed E-state index contributed by atoms with van der Waals surface area (Å²) < 4.78 is 14.0. The molecule has 2 aromatic carbocycles. The van der Waals surface area contributed by atoms with Crippen molar-refractivity contribution in [1.82, 2.24) is 0 Å². The van der Waals surface area contributed by atoms with Gasteiger partial charge in [-0.2, -0.15) is 4.57 Å². The van der Waals surface area contributed by atoms with Gasteiger partial charge in [0.05, 0.1) is 22.7 Å². The molecule has 1 heterocycles. The molecule has 0 saturated carbocycles. The Bertz CT molecular complexity index is 1160. The molecular formula is C33H46BrClN2O3S. The van der Waals surface area contributed by atoms with E-state index in [0.717, 1.165) is 24.1 Å². The van der Waals surface area contributed by atoms with Gasteiger partial charge < -0.3 is 31.8 Å². The smallest absolute Gasteiger partial charge is 0.262 e. The summed E-state index contributed by atoms with van der Waals surface area (Å²) in [6, 6.07) is 13.2. The molecule has 226 valence electrons. The van der Waals surface area contributed by atoms with Crippen molar-refractivity contribution >= 4 is 34.5 Å². The number of rotatable bonds is 20. The van der Waals surface area contributed by atoms with Crippen molar-refractivity contribution in [3.8, 4) is 11.5 Å². The van der Waals surface area contributed by atoms with Crippen LogP contribution in [0.3, 0.4) is 0 Å². The number of hydrogen-bond donors (Lipinski definition) is 1. The van der Waals surface area contributed by atoms with Crippen LogP contribution in [0.25, 0.3) is 0 Å². The van der Waals surface area contributed by atoms with Gasteiger partial charge in [-0.3, -0.25) is 4.79 Å². The second-order valence-corrected chi connectivity index (χ2v) is 11.6. The lowest BCUT2D eigenvalue weighted by molar-refractivity contribution is -0.689. The van der Waals surface area contributed by atoms with Crippen LogP contribution >= 0.6 is 22.9 Å². The first-order chi connectivity index (χ1) is 19.6. The van der Waals surface area contributed by atoms with E-state index in [0.29, 0.717) is 29.7 Å². The Morgan fingerprint density at radius 3 is 2.20 bits per heavy atom. The quantitative estimate of drug-likeness (QED) is 0.116. The summed E-state index contributed by atoms with van der Waals surface area (Å²) in [5, 5.41) is 5.59. The molecule has 0 saturated heterocycles. The van der Waals surface area contributed by atoms with Crippen LogP contribution in [0.5, 0.6) is 11.5 Å². The number of amides is 1. The van der Waals surface area contributed by atoms with E-state index in [-0.39, 0.29) is 29.5 Å². The lowest BCUT2D eigenvalue weighted by atomic mass is 10.1. The van der Waals surface area contributed by atoms with Crippen molar-refractivity contribution in [2.45, 2.75) is 97.4 Å². The zero-order valence-corrected chi connectivity index (χ0v) is 27.8. The highest BCUT2D eigenvalue weighted by Gasteiger charge is 2.15. The number of anilines is 1. The lowest BCUT2D eigenvalue weighted by Gasteiger charge is -2.14. The van der Waals surface area contributed by atoms with Gasteiger partial charge >= 0.3 is 0 Å². The van der Waals surface area contributed by atoms with Crippen molar-refractivity contribution in [3.05, 3.63) is 69.6 Å². The van der Waals surface area contributed by atoms with Crippen molar-refractivity contribution in [2.75, 3.05) is 18.5 Å². The maximum atomic E-state index is 12.8. The van der Waals surface area contributed by atoms with E-state index in [2.05, 4.69) is 34.6 Å². The molecule has 0 radical (unpaired) electrons. The molecule has 0 fully saturated rings. The fourth-order valence-corrected chi connectivity index (χ4v) is 5.67. The third-order valence-corrected chi connectivity index (χ3v) is 8.20. The fraction of sp³-hybridized carbons (Fsp3) is 0.515. The van der Waals surface area contributed by atoms with Crippen molar-refractivity contribution in [1.29, 1.82) is 0 Å². The first-order valence-corrected chi connectivity index (χ1v) is 16.2. The second kappa shape index (κ2) is 20.7. The first kappa shape index (κ1) is 35.1. The van der Waals surface area contributed by atoms with Gasteiger partial charge in [0.15, 0.2) is 30.3 Å². The van der Waals surface area contributed by atoms with Gasteiger partial charge in [-0.05, 0) is 24.6 Å². The Morgan fingerprint density at radius 2 is 1.54 bits per heavy atom. The molecule has 0 aliphatic carbocycles. The molecule has 1 aromatic heterocycles. The number of nitrogens with one attached hydrogen (secondary N) is 1. The van der Waals surface area contributed by atoms with Gasteiger partial charge in [-0.1, -0.05) is 125 Å². The van der Waals surface area contributed by atoms with E-state index in [1.807, 2.05) is 30.3 Å². The number of thiazole rings is 1. The van der Waals surface area contributed by atoms with Gasteiger partial charge in [0.25, 0.3) is 5.91 Å². The maximum absolute atomic E-state index is 12.8. The molecule has 3 aromatic rings. The van der Waals surface area contributed by atoms with Crippen molar-refractivity contribution in [3.63, 3.8) is 0 Å². The molecule has 1 amide bonds. The minimum absolute atomic E-state index is 0. The summed E-state index contributed by atoms with van der Waals surface area (Å²) in [7, 11) is 0. The summed E-state index contributed by atoms with van der Waals surface area (Å²) in [5.41, 5.74) is 5.08. The minimum Gasteiger partial charge on any atom is -1.00 e. The largest absolute Gasteiger partial charge is 1.00 e. The summed E-state index contributed by atoms with van der Waals surface area (Å²) >= 11 is 8.08. The van der Waals surface area contributed by atoms with E-state index in [4.69, 9.17) is 21.1 Å². The third kappa shape index (κ3) is 13.2. The number of aromatic nitrogens is 1. The number of nitrogens with zero attached hydrogens (tertiary/aromatic N) is 1. The Hall–Kier alpha value is -2.09. The predicted octanol–water partition coefficient (Wildman–Crippen LogP) is 6.15. The van der Waals surface area contributed by atoms with Gasteiger partial charge in [0.1, 0.15) is 0 Å². The number of para-hydroxylation sites is 2. The van der Waals surface area contributed by atoms with Crippen LogP contribution in [-0.2, 0) is 11.3 Å². The van der Waals surface area contributed by atoms with Gasteiger partial charge in [0.2, 0.25) is 5.51 Å². The molecule has 0 bridgehead atoms. The van der Waals surface area contributed by atoms with Crippen LogP contribution in [0.1, 0.15) is 95.2 Å². The zero-order chi connectivity index (χ0) is 28.4. The topological polar surface area (TPSA) is 51.4 Å². The van der Waals surface area contributed by atoms with Gasteiger partial charge in [0, 0.05) is 12.5 Å². The number of carbonyl (C=O) groups excluding carboxylic acids is 1. The standard InChI is InChI=1S/C33H45ClN2O3S.BrH/c1-3-4-5-6-7-8-9-10-11-12-13-16-22-38-33-29(34)19-17-21-31(33)39-24-32(37)35-30-20-15-14-18-28(30)23-36-26-40-25-27(36)2;/h14-15,17-21,25-26H,3-13,16,22-24H2,1-2H3;1H. The molecule has 0 unspecified atom stereocenters. The van der Waals surface area contributed by atoms with Crippen molar-refractivity contribution < 1.29 is 35.8 Å². The number of halogens is 2. The van der Waals surface area contributed by atoms with Crippen LogP contribution in [0.15, 0.2) is 53.4 Å². The minimum atomic E-state index is -0.230. The highest BCUT2D eigenvalue weighted by Crippen LogP contribution is 2.35. The Labute approximate surface area is 266 Å². The van der Waals surface area contributed by atoms with E-state index in [9.17, 15) is 4.79 Å². The molecule has 0 atom stereocenters. The Balaban J connectivity index is 0.00000588. The third-order valence-electron chi connectivity index (χ3n) is 7.05. The van der Waals surface area contributed by atoms with Gasteiger partial charge in [-0.15, -0.1) is 0 Å². The zero-order valence-electron chi connectivity index (χ0n) is 24.6. The maximum Gasteiger partial charge on any atom is 0.262 e. The van der Waals surface area contributed by atoms with E-state index in [1.165, 1.54) is 69.9 Å². The lowest BCUT2D eigenvalue weighted by Crippen LogP contribution is -3.00. The summed E-state index contributed by atoms with van der Waals surface area (Å²) in [6.07, 6.45) is 15.6. The van der Waals surface area contributed by atoms with Crippen LogP contribution in [0.4, 0.5) is 5.69 Å². The molecule has 5 nitrogen and oxygen atoms in total. The molecule has 0 aliphatic heterocycles. The highest BCUT2D eigenvalue weighted by molar-refractivity contribution is 7.07. The van der Waals surface area contributed by atoms with E-state index < -0.39 is 0 Å². The van der Waals surface area contributed by atoms with Crippen LogP contribution in [0, 0.1) is 6.92 Å². The number of unbranched alkanes of at least 4 members (excludes halogenated alkanes) is 11. The second-order valence-electron chi connectivity index (χ2n) is 10.4. The number of benzene rings is 2. The summed E-state index contributed by atoms with van der Waals surface area (Å²) in [4.78, 5) is 12.8. The van der Waals surface area contributed by atoms with Crippen LogP contribution in [-0.4, -0.2) is 19.1 Å². The summed E-state index contributed by atoms with van der Waals surface area (Å²) in [6.45, 7) is 5.49. The van der Waals surface area contributed by atoms with E-state index >= 15 is 0 Å². The van der Waals surface area contributed by atoms with Crippen LogP contribution < -0.4 is 36.3 Å². The van der Waals surface area contributed by atoms with Gasteiger partial charge in [-0.25, -0.2) is 0 Å². The molecule has 41 heavy (non-hydrogen) atoms. The summed E-state index contributed by atoms with van der Waals surface area (Å²) in [5.74, 6) is 0.760. The highest BCUT2D eigenvalue weighted by atomic mass is 79.9. The predicted molar refractivity (Wildman–Crippen MR) is 167 cm³/mol. The monoisotopic (exact) mass is 664 g/mol. The molecular weight excluding hydrogens is 620 g/mol. The molecule has 8 heteroatoms. The first-order valence-electron chi connectivity index (χ1n) is 14.9. The Kier molecular flexibility index (Phi) is 17.8. The van der Waals surface area contributed by atoms with E-state index in [1.54, 1.807) is 23.5 Å². The fourth-order valence-electron chi connectivity index (χ4n) is 4.67. The number of carbonyl (C=O) groups is 1. The number of aryl methyl sites for hydroxylation is 1. The molecule has 0 spiro atoms. The van der Waals surface area contributed by atoms with Crippen LogP contribution in [0.2, 0.25) is 5.02 Å². The normalized spacial score (nSPS) is 10.7. The SMILES string of the molecule is CCCCCCCCCCCCCCOc1c(Cl)cccc1OCC(=O)Nc1ccccc1C[n+]1cscc1C.[Br-]. The van der Waals surface area contributed by atoms with Crippen molar-refractivity contribution in [2.24, 2.45) is 0 Å². The molecule has 0 aliphatic rings. The number of hydrogen-bond acceptors (Lipinski definition) is 4. The average Bonchev–Trinajstić information content (AvgIpc) is 3.36. The molecule has 3 rings (SSSR count). The number of ether oxygens (including phenoxy) is 2. The average molecular weight is 666 g/mol.